The van der Waals surface area contributed by atoms with Crippen LogP contribution in [0.25, 0.3) is 0 Å². The van der Waals surface area contributed by atoms with Crippen molar-refractivity contribution in [2.45, 2.75) is 55.9 Å². The summed E-state index contributed by atoms with van der Waals surface area (Å²) in [6.07, 6.45) is 4.07. The third-order valence-electron chi connectivity index (χ3n) is 8.15. The highest BCUT2D eigenvalue weighted by Crippen LogP contribution is 2.26. The zero-order valence-electron chi connectivity index (χ0n) is 25.0. The molecule has 0 radical (unpaired) electrons. The summed E-state index contributed by atoms with van der Waals surface area (Å²) in [5.74, 6) is 0.0728. The number of carbonyl (C=O) groups is 1. The lowest BCUT2D eigenvalue weighted by molar-refractivity contribution is 0.0649. The maximum Gasteiger partial charge on any atom is 0.410 e. The number of hydrogen-bond donors (Lipinski definition) is 0. The van der Waals surface area contributed by atoms with Crippen LogP contribution >= 0.6 is 0 Å². The minimum absolute atomic E-state index is 0.0728. The van der Waals surface area contributed by atoms with Gasteiger partial charge < -0.3 is 14.5 Å². The smallest absolute Gasteiger partial charge is 0.410 e. The van der Waals surface area contributed by atoms with Crippen molar-refractivity contribution < 1.29 is 17.9 Å². The van der Waals surface area contributed by atoms with E-state index in [4.69, 9.17) is 4.74 Å². The van der Waals surface area contributed by atoms with Crippen molar-refractivity contribution in [3.8, 4) is 0 Å². The molecule has 0 aromatic heterocycles. The predicted octanol–water partition coefficient (Wildman–Crippen LogP) is 6.04. The first-order valence-electron chi connectivity index (χ1n) is 15.1. The lowest BCUT2D eigenvalue weighted by Gasteiger charge is -2.38. The normalized spacial score (nSPS) is 15.4. The summed E-state index contributed by atoms with van der Waals surface area (Å²) in [7, 11) is -1.90. The van der Waals surface area contributed by atoms with Gasteiger partial charge in [0.1, 0.15) is 0 Å². The number of ether oxygens (including phenoxy) is 1. The number of hydrogen-bond acceptors (Lipinski definition) is 5. The molecule has 0 aliphatic carbocycles. The van der Waals surface area contributed by atoms with Crippen LogP contribution in [-0.2, 0) is 21.2 Å². The number of nitrogens with zero attached hydrogens (tertiary/aromatic N) is 3. The summed E-state index contributed by atoms with van der Waals surface area (Å²) in [6.45, 7) is 6.28. The molecule has 0 spiro atoms. The molecule has 1 atom stereocenters. The maximum absolute atomic E-state index is 13.2. The van der Waals surface area contributed by atoms with Crippen molar-refractivity contribution in [3.05, 3.63) is 102 Å². The van der Waals surface area contributed by atoms with Crippen LogP contribution in [0, 0.1) is 0 Å². The molecule has 3 aromatic rings. The van der Waals surface area contributed by atoms with E-state index in [1.165, 1.54) is 9.87 Å². The van der Waals surface area contributed by atoms with Gasteiger partial charge in [-0.1, -0.05) is 85.8 Å². The summed E-state index contributed by atoms with van der Waals surface area (Å²) in [5, 5.41) is 0. The number of benzene rings is 3. The molecule has 0 N–H and O–H groups in total. The van der Waals surface area contributed by atoms with Gasteiger partial charge in [0.25, 0.3) is 0 Å². The fourth-order valence-corrected chi connectivity index (χ4v) is 6.95. The van der Waals surface area contributed by atoms with Crippen LogP contribution in [0.5, 0.6) is 0 Å². The molecular weight excluding hydrogens is 546 g/mol. The minimum atomic E-state index is -3.57. The molecule has 42 heavy (non-hydrogen) atoms. The summed E-state index contributed by atoms with van der Waals surface area (Å²) in [4.78, 5) is 17.7. The first-order valence-corrected chi connectivity index (χ1v) is 16.6. The summed E-state index contributed by atoms with van der Waals surface area (Å²) >= 11 is 0. The molecule has 1 heterocycles. The van der Waals surface area contributed by atoms with Crippen LogP contribution in [0.15, 0.2) is 95.9 Å². The highest BCUT2D eigenvalue weighted by molar-refractivity contribution is 7.89. The van der Waals surface area contributed by atoms with Crippen LogP contribution in [0.4, 0.5) is 4.79 Å². The molecule has 4 rings (SSSR count). The van der Waals surface area contributed by atoms with Gasteiger partial charge in [-0.3, -0.25) is 0 Å². The van der Waals surface area contributed by atoms with Gasteiger partial charge in [0.2, 0.25) is 10.0 Å². The monoisotopic (exact) mass is 591 g/mol. The van der Waals surface area contributed by atoms with Gasteiger partial charge >= 0.3 is 6.09 Å². The average molecular weight is 592 g/mol. The van der Waals surface area contributed by atoms with Gasteiger partial charge in [0.15, 0.2) is 0 Å². The van der Waals surface area contributed by atoms with Gasteiger partial charge in [-0.15, -0.1) is 0 Å². The van der Waals surface area contributed by atoms with E-state index in [1.807, 2.05) is 47.4 Å². The van der Waals surface area contributed by atoms with Gasteiger partial charge in [0.05, 0.1) is 11.5 Å². The van der Waals surface area contributed by atoms with Crippen LogP contribution in [-0.4, -0.2) is 81.0 Å². The first kappa shape index (κ1) is 31.7. The maximum atomic E-state index is 13.2. The number of likely N-dealkylation sites (tertiary alicyclic amines) is 1. The largest absolute Gasteiger partial charge is 0.449 e. The average Bonchev–Trinajstić information content (AvgIpc) is 3.03. The SMILES string of the molecule is CCCN(C(=O)OCCc1ccccc1)C1CCN(CCC(CN(C)S(=O)(=O)c2ccccc2)c2ccccc2)CC1. The molecule has 226 valence electrons. The van der Waals surface area contributed by atoms with E-state index in [2.05, 4.69) is 36.1 Å². The van der Waals surface area contributed by atoms with E-state index in [0.29, 0.717) is 24.6 Å². The van der Waals surface area contributed by atoms with E-state index < -0.39 is 10.0 Å². The standard InChI is InChI=1S/C34H45N3O4S/c1-3-23-37(34(38)41-27-22-29-13-7-4-8-14-29)32-20-25-36(26-21-32)24-19-31(30-15-9-5-10-16-30)28-35(2)42(39,40)33-17-11-6-12-18-33/h4-18,31-32H,3,19-28H2,1-2H3. The molecule has 1 aliphatic rings. The van der Waals surface area contributed by atoms with E-state index in [1.54, 1.807) is 31.3 Å². The lowest BCUT2D eigenvalue weighted by atomic mass is 9.94. The molecule has 1 fully saturated rings. The van der Waals surface area contributed by atoms with Crippen molar-refractivity contribution in [2.24, 2.45) is 0 Å². The first-order chi connectivity index (χ1) is 20.4. The summed E-state index contributed by atoms with van der Waals surface area (Å²) < 4.78 is 33.6. The second-order valence-corrected chi connectivity index (χ2v) is 13.2. The Morgan fingerprint density at radius 3 is 2.14 bits per heavy atom. The highest BCUT2D eigenvalue weighted by Gasteiger charge is 2.29. The minimum Gasteiger partial charge on any atom is -0.449 e. The molecule has 3 aromatic carbocycles. The van der Waals surface area contributed by atoms with E-state index in [0.717, 1.165) is 57.3 Å². The third-order valence-corrected chi connectivity index (χ3v) is 9.99. The second kappa shape index (κ2) is 15.9. The summed E-state index contributed by atoms with van der Waals surface area (Å²) in [5.41, 5.74) is 2.31. The van der Waals surface area contributed by atoms with Crippen LogP contribution in [0.3, 0.4) is 0 Å². The van der Waals surface area contributed by atoms with E-state index in [9.17, 15) is 13.2 Å². The molecule has 7 nitrogen and oxygen atoms in total. The number of likely N-dealkylation sites (N-methyl/N-ethyl adjacent to an activating group) is 1. The fraction of sp³-hybridized carbons (Fsp3) is 0.441. The van der Waals surface area contributed by atoms with Crippen molar-refractivity contribution in [1.29, 1.82) is 0 Å². The lowest BCUT2D eigenvalue weighted by Crippen LogP contribution is -2.48. The Morgan fingerprint density at radius 1 is 0.929 bits per heavy atom. The fourth-order valence-electron chi connectivity index (χ4n) is 5.71. The zero-order chi connectivity index (χ0) is 29.8. The van der Waals surface area contributed by atoms with Crippen LogP contribution in [0.2, 0.25) is 0 Å². The van der Waals surface area contributed by atoms with E-state index >= 15 is 0 Å². The Hall–Kier alpha value is -3.20. The third kappa shape index (κ3) is 8.90. The van der Waals surface area contributed by atoms with E-state index in [-0.39, 0.29) is 18.1 Å². The molecule has 0 bridgehead atoms. The predicted molar refractivity (Wildman–Crippen MR) is 168 cm³/mol. The van der Waals surface area contributed by atoms with Gasteiger partial charge in [0, 0.05) is 45.7 Å². The Morgan fingerprint density at radius 2 is 1.52 bits per heavy atom. The Bertz CT molecular complexity index is 1310. The number of piperidine rings is 1. The van der Waals surface area contributed by atoms with Crippen LogP contribution in [0.1, 0.15) is 49.7 Å². The molecule has 1 aliphatic heterocycles. The topological polar surface area (TPSA) is 70.2 Å². The van der Waals surface area contributed by atoms with Crippen molar-refractivity contribution in [3.63, 3.8) is 0 Å². The molecule has 1 saturated heterocycles. The molecule has 8 heteroatoms. The quantitative estimate of drug-likeness (QED) is 0.229. The van der Waals surface area contributed by atoms with Crippen molar-refractivity contribution >= 4 is 16.1 Å². The molecule has 1 amide bonds. The second-order valence-electron chi connectivity index (χ2n) is 11.1. The van der Waals surface area contributed by atoms with Gasteiger partial charge in [-0.05, 0) is 61.4 Å². The van der Waals surface area contributed by atoms with Gasteiger partial charge in [-0.25, -0.2) is 17.5 Å². The van der Waals surface area contributed by atoms with Crippen molar-refractivity contribution in [2.75, 3.05) is 46.4 Å². The summed E-state index contributed by atoms with van der Waals surface area (Å²) in [6, 6.07) is 29.1. The molecule has 0 saturated carbocycles. The number of sulfonamides is 1. The number of rotatable bonds is 14. The molecular formula is C34H45N3O4S. The van der Waals surface area contributed by atoms with Crippen LogP contribution < -0.4 is 0 Å². The highest BCUT2D eigenvalue weighted by atomic mass is 32.2. The Kier molecular flexibility index (Phi) is 12.0. The number of amides is 1. The van der Waals surface area contributed by atoms with Gasteiger partial charge in [-0.2, -0.15) is 0 Å². The van der Waals surface area contributed by atoms with Crippen molar-refractivity contribution in [1.82, 2.24) is 14.1 Å². The zero-order valence-corrected chi connectivity index (χ0v) is 25.8. The molecule has 1 unspecified atom stereocenters. The number of carbonyl (C=O) groups excluding carboxylic acids is 1. The Balaban J connectivity index is 1.30. The Labute approximate surface area is 252 Å².